The molecule has 16 heavy (non-hydrogen) atoms. The van der Waals surface area contributed by atoms with Crippen LogP contribution in [-0.4, -0.2) is 33.7 Å². The average molecular weight is 219 g/mol. The smallest absolute Gasteiger partial charge is 0.160 e. The Balaban J connectivity index is 1.99. The van der Waals surface area contributed by atoms with Gasteiger partial charge in [-0.1, -0.05) is 6.07 Å². The highest BCUT2D eigenvalue weighted by molar-refractivity contribution is 5.36. The van der Waals surface area contributed by atoms with E-state index in [1.807, 2.05) is 28.8 Å². The van der Waals surface area contributed by atoms with Gasteiger partial charge in [0.05, 0.1) is 0 Å². The standard InChI is InChI=1S/C11H17N5/c1-9(8-12)13-6-5-11-15-14-10-4-2-3-7-16(10)11/h2-4,7,9,13H,5-6,8,12H2,1H3. The molecule has 0 amide bonds. The first kappa shape index (κ1) is 11.0. The van der Waals surface area contributed by atoms with Gasteiger partial charge in [-0.05, 0) is 19.1 Å². The number of fused-ring (bicyclic) bond motifs is 1. The van der Waals surface area contributed by atoms with Gasteiger partial charge in [0.2, 0.25) is 0 Å². The number of nitrogens with two attached hydrogens (primary N) is 1. The molecular weight excluding hydrogens is 202 g/mol. The average Bonchev–Trinajstić information content (AvgIpc) is 2.73. The molecule has 2 aromatic rings. The predicted octanol–water partition coefficient (Wildman–Crippen LogP) is 0.209. The lowest BCUT2D eigenvalue weighted by molar-refractivity contribution is 0.552. The lowest BCUT2D eigenvalue weighted by Gasteiger charge is -2.09. The van der Waals surface area contributed by atoms with E-state index in [2.05, 4.69) is 22.4 Å². The molecule has 0 aliphatic heterocycles. The molecule has 0 bridgehead atoms. The van der Waals surface area contributed by atoms with Crippen molar-refractivity contribution in [3.05, 3.63) is 30.2 Å². The summed E-state index contributed by atoms with van der Waals surface area (Å²) in [5.41, 5.74) is 6.42. The third-order valence-electron chi connectivity index (χ3n) is 2.58. The van der Waals surface area contributed by atoms with E-state index in [1.165, 1.54) is 0 Å². The lowest BCUT2D eigenvalue weighted by atomic mass is 10.3. The Morgan fingerprint density at radius 1 is 1.44 bits per heavy atom. The van der Waals surface area contributed by atoms with Gasteiger partial charge in [-0.2, -0.15) is 0 Å². The summed E-state index contributed by atoms with van der Waals surface area (Å²) in [5, 5.41) is 11.6. The Hall–Kier alpha value is -1.46. The van der Waals surface area contributed by atoms with Crippen molar-refractivity contribution < 1.29 is 0 Å². The molecule has 2 aromatic heterocycles. The Morgan fingerprint density at radius 3 is 3.12 bits per heavy atom. The maximum absolute atomic E-state index is 5.53. The van der Waals surface area contributed by atoms with Gasteiger partial charge in [-0.15, -0.1) is 10.2 Å². The first-order chi connectivity index (χ1) is 7.81. The van der Waals surface area contributed by atoms with Crippen LogP contribution in [-0.2, 0) is 6.42 Å². The molecule has 0 spiro atoms. The van der Waals surface area contributed by atoms with Crippen LogP contribution in [0, 0.1) is 0 Å². The van der Waals surface area contributed by atoms with Gasteiger partial charge in [0.1, 0.15) is 5.82 Å². The fourth-order valence-corrected chi connectivity index (χ4v) is 1.58. The van der Waals surface area contributed by atoms with E-state index in [0.29, 0.717) is 12.6 Å². The van der Waals surface area contributed by atoms with E-state index >= 15 is 0 Å². The highest BCUT2D eigenvalue weighted by Gasteiger charge is 2.04. The minimum absolute atomic E-state index is 0.346. The molecular formula is C11H17N5. The summed E-state index contributed by atoms with van der Waals surface area (Å²) in [6.07, 6.45) is 2.84. The van der Waals surface area contributed by atoms with Crippen molar-refractivity contribution in [2.24, 2.45) is 5.73 Å². The number of nitrogens with one attached hydrogen (secondary N) is 1. The monoisotopic (exact) mass is 219 g/mol. The van der Waals surface area contributed by atoms with E-state index < -0.39 is 0 Å². The molecule has 0 aliphatic carbocycles. The first-order valence-corrected chi connectivity index (χ1v) is 5.53. The zero-order chi connectivity index (χ0) is 11.4. The number of hydrogen-bond donors (Lipinski definition) is 2. The summed E-state index contributed by atoms with van der Waals surface area (Å²) >= 11 is 0. The van der Waals surface area contributed by atoms with Crippen molar-refractivity contribution in [1.29, 1.82) is 0 Å². The molecule has 0 fully saturated rings. The molecule has 86 valence electrons. The Kier molecular flexibility index (Phi) is 3.48. The quantitative estimate of drug-likeness (QED) is 0.754. The van der Waals surface area contributed by atoms with Crippen LogP contribution in [0.25, 0.3) is 5.65 Å². The minimum atomic E-state index is 0.346. The van der Waals surface area contributed by atoms with Crippen molar-refractivity contribution >= 4 is 5.65 Å². The van der Waals surface area contributed by atoms with Crippen LogP contribution in [0.2, 0.25) is 0 Å². The third kappa shape index (κ3) is 2.37. The van der Waals surface area contributed by atoms with Gasteiger partial charge < -0.3 is 11.1 Å². The number of hydrogen-bond acceptors (Lipinski definition) is 4. The lowest BCUT2D eigenvalue weighted by Crippen LogP contribution is -2.34. The second kappa shape index (κ2) is 5.05. The molecule has 0 aromatic carbocycles. The Morgan fingerprint density at radius 2 is 2.31 bits per heavy atom. The number of rotatable bonds is 5. The van der Waals surface area contributed by atoms with Gasteiger partial charge in [-0.25, -0.2) is 0 Å². The molecule has 0 saturated heterocycles. The molecule has 1 atom stereocenters. The van der Waals surface area contributed by atoms with Gasteiger partial charge in [0.15, 0.2) is 5.65 Å². The molecule has 2 rings (SSSR count). The van der Waals surface area contributed by atoms with Crippen molar-refractivity contribution in [1.82, 2.24) is 19.9 Å². The molecule has 0 saturated carbocycles. The van der Waals surface area contributed by atoms with Gasteiger partial charge in [-0.3, -0.25) is 4.40 Å². The highest BCUT2D eigenvalue weighted by Crippen LogP contribution is 2.02. The van der Waals surface area contributed by atoms with Crippen molar-refractivity contribution in [2.75, 3.05) is 13.1 Å². The van der Waals surface area contributed by atoms with Crippen LogP contribution in [0.1, 0.15) is 12.7 Å². The van der Waals surface area contributed by atoms with Crippen LogP contribution in [0.5, 0.6) is 0 Å². The molecule has 5 heteroatoms. The van der Waals surface area contributed by atoms with E-state index in [4.69, 9.17) is 5.73 Å². The minimum Gasteiger partial charge on any atom is -0.329 e. The zero-order valence-corrected chi connectivity index (χ0v) is 9.43. The molecule has 3 N–H and O–H groups in total. The van der Waals surface area contributed by atoms with Crippen molar-refractivity contribution in [3.63, 3.8) is 0 Å². The second-order valence-corrected chi connectivity index (χ2v) is 3.89. The summed E-state index contributed by atoms with van der Waals surface area (Å²) in [4.78, 5) is 0. The van der Waals surface area contributed by atoms with Gasteiger partial charge in [0, 0.05) is 31.7 Å². The number of aromatic nitrogens is 3. The summed E-state index contributed by atoms with van der Waals surface area (Å²) in [6.45, 7) is 3.59. The van der Waals surface area contributed by atoms with E-state index in [0.717, 1.165) is 24.4 Å². The summed E-state index contributed by atoms with van der Waals surface area (Å²) in [6, 6.07) is 6.24. The van der Waals surface area contributed by atoms with Crippen LogP contribution < -0.4 is 11.1 Å². The molecule has 0 aliphatic rings. The Labute approximate surface area is 94.7 Å². The predicted molar refractivity (Wildman–Crippen MR) is 63.2 cm³/mol. The van der Waals surface area contributed by atoms with E-state index in [1.54, 1.807) is 0 Å². The normalized spacial score (nSPS) is 13.1. The summed E-state index contributed by atoms with van der Waals surface area (Å²) in [5.74, 6) is 0.979. The van der Waals surface area contributed by atoms with Gasteiger partial charge >= 0.3 is 0 Å². The number of nitrogens with zero attached hydrogens (tertiary/aromatic N) is 3. The molecule has 2 heterocycles. The SMILES string of the molecule is CC(CN)NCCc1nnc2ccccn12. The largest absolute Gasteiger partial charge is 0.329 e. The maximum atomic E-state index is 5.53. The number of pyridine rings is 1. The summed E-state index contributed by atoms with van der Waals surface area (Å²) in [7, 11) is 0. The topological polar surface area (TPSA) is 68.2 Å². The summed E-state index contributed by atoms with van der Waals surface area (Å²) < 4.78 is 2.01. The van der Waals surface area contributed by atoms with Crippen LogP contribution in [0.4, 0.5) is 0 Å². The van der Waals surface area contributed by atoms with Crippen LogP contribution in [0.3, 0.4) is 0 Å². The highest BCUT2D eigenvalue weighted by atomic mass is 15.2. The van der Waals surface area contributed by atoms with Crippen molar-refractivity contribution in [3.8, 4) is 0 Å². The maximum Gasteiger partial charge on any atom is 0.160 e. The fraction of sp³-hybridized carbons (Fsp3) is 0.455. The molecule has 1 unspecified atom stereocenters. The Bertz CT molecular complexity index is 450. The van der Waals surface area contributed by atoms with E-state index in [-0.39, 0.29) is 0 Å². The van der Waals surface area contributed by atoms with Crippen LogP contribution in [0.15, 0.2) is 24.4 Å². The second-order valence-electron chi connectivity index (χ2n) is 3.89. The first-order valence-electron chi connectivity index (χ1n) is 5.53. The van der Waals surface area contributed by atoms with Gasteiger partial charge in [0.25, 0.3) is 0 Å². The molecule has 5 nitrogen and oxygen atoms in total. The van der Waals surface area contributed by atoms with E-state index in [9.17, 15) is 0 Å². The van der Waals surface area contributed by atoms with Crippen LogP contribution >= 0.6 is 0 Å². The zero-order valence-electron chi connectivity index (χ0n) is 9.43. The van der Waals surface area contributed by atoms with Crippen molar-refractivity contribution in [2.45, 2.75) is 19.4 Å². The fourth-order valence-electron chi connectivity index (χ4n) is 1.58. The molecule has 0 radical (unpaired) electrons. The third-order valence-corrected chi connectivity index (χ3v) is 2.58.